The van der Waals surface area contributed by atoms with Gasteiger partial charge in [0.05, 0.1) is 17.7 Å². The zero-order chi connectivity index (χ0) is 27.7. The number of ether oxygens (including phenoxy) is 1. The lowest BCUT2D eigenvalue weighted by atomic mass is 9.78. The highest BCUT2D eigenvalue weighted by Crippen LogP contribution is 2.44. The maximum Gasteiger partial charge on any atom is 0.490 e. The van der Waals surface area contributed by atoms with Crippen molar-refractivity contribution in [2.45, 2.75) is 32.2 Å². The van der Waals surface area contributed by atoms with Gasteiger partial charge in [0.15, 0.2) is 0 Å². The number of amides is 1. The number of pyridine rings is 1. The summed E-state index contributed by atoms with van der Waals surface area (Å²) in [5, 5.41) is 14.2. The van der Waals surface area contributed by atoms with E-state index >= 15 is 0 Å². The molecule has 2 aliphatic heterocycles. The van der Waals surface area contributed by atoms with Crippen molar-refractivity contribution in [3.05, 3.63) is 30.1 Å². The predicted molar refractivity (Wildman–Crippen MR) is 112 cm³/mol. The summed E-state index contributed by atoms with van der Waals surface area (Å²) in [4.78, 5) is 39.4. The van der Waals surface area contributed by atoms with Crippen molar-refractivity contribution in [2.24, 2.45) is 11.3 Å². The molecule has 1 amide bonds. The van der Waals surface area contributed by atoms with Crippen LogP contribution in [0.15, 0.2) is 24.4 Å². The average molecular weight is 531 g/mol. The Balaban J connectivity index is 0.000000383. The van der Waals surface area contributed by atoms with Crippen LogP contribution in [0, 0.1) is 11.3 Å². The number of nitrogens with zero attached hydrogens (tertiary/aromatic N) is 3. The van der Waals surface area contributed by atoms with Gasteiger partial charge in [0, 0.05) is 46.0 Å². The summed E-state index contributed by atoms with van der Waals surface area (Å²) in [7, 11) is 1.68. The Morgan fingerprint density at radius 2 is 1.69 bits per heavy atom. The largest absolute Gasteiger partial charge is 0.490 e. The maximum atomic E-state index is 12.9. The number of methoxy groups -OCH3 is 1. The Morgan fingerprint density at radius 1 is 1.14 bits per heavy atom. The van der Waals surface area contributed by atoms with Crippen LogP contribution >= 0.6 is 0 Å². The molecular formula is C21H27F6N3O6. The van der Waals surface area contributed by atoms with E-state index in [1.165, 1.54) is 0 Å². The van der Waals surface area contributed by atoms with E-state index < -0.39 is 24.3 Å². The average Bonchev–Trinajstić information content (AvgIpc) is 3.26. The zero-order valence-corrected chi connectivity index (χ0v) is 19.5. The van der Waals surface area contributed by atoms with Crippen molar-refractivity contribution in [2.75, 3.05) is 39.9 Å². The molecule has 1 aromatic rings. The fourth-order valence-electron chi connectivity index (χ4n) is 3.90. The summed E-state index contributed by atoms with van der Waals surface area (Å²) >= 11 is 0. The number of halogens is 6. The van der Waals surface area contributed by atoms with Crippen molar-refractivity contribution < 1.29 is 55.7 Å². The molecule has 0 radical (unpaired) electrons. The molecule has 3 heterocycles. The fraction of sp³-hybridized carbons (Fsp3) is 0.619. The summed E-state index contributed by atoms with van der Waals surface area (Å²) in [6.07, 6.45) is -7.37. The normalized spacial score (nSPS) is 22.1. The molecule has 15 heteroatoms. The molecule has 0 unspecified atom stereocenters. The lowest BCUT2D eigenvalue weighted by Gasteiger charge is -2.26. The molecule has 2 saturated heterocycles. The smallest absolute Gasteiger partial charge is 0.475 e. The van der Waals surface area contributed by atoms with Crippen LogP contribution in [0.1, 0.15) is 19.0 Å². The number of carbonyl (C=O) groups is 3. The van der Waals surface area contributed by atoms with Gasteiger partial charge in [-0.05, 0) is 24.5 Å². The molecule has 2 N–H and O–H groups in total. The number of aliphatic carboxylic acids is 2. The van der Waals surface area contributed by atoms with Gasteiger partial charge in [0.1, 0.15) is 0 Å². The second-order valence-corrected chi connectivity index (χ2v) is 8.19. The lowest BCUT2D eigenvalue weighted by molar-refractivity contribution is -0.193. The molecule has 1 aromatic heterocycles. The van der Waals surface area contributed by atoms with Gasteiger partial charge in [-0.3, -0.25) is 14.7 Å². The van der Waals surface area contributed by atoms with E-state index in [9.17, 15) is 31.1 Å². The third-order valence-corrected chi connectivity index (χ3v) is 5.68. The van der Waals surface area contributed by atoms with Gasteiger partial charge in [-0.1, -0.05) is 13.0 Å². The highest BCUT2D eigenvalue weighted by Gasteiger charge is 2.54. The second kappa shape index (κ2) is 12.9. The summed E-state index contributed by atoms with van der Waals surface area (Å²) in [6, 6.07) is 6.01. The second-order valence-electron chi connectivity index (χ2n) is 8.19. The Labute approximate surface area is 202 Å². The van der Waals surface area contributed by atoms with E-state index in [0.717, 1.165) is 38.3 Å². The third-order valence-electron chi connectivity index (χ3n) is 5.68. The molecule has 0 aromatic carbocycles. The minimum atomic E-state index is -5.08. The molecule has 9 nitrogen and oxygen atoms in total. The molecule has 0 saturated carbocycles. The van der Waals surface area contributed by atoms with Crippen molar-refractivity contribution in [3.63, 3.8) is 0 Å². The summed E-state index contributed by atoms with van der Waals surface area (Å²) < 4.78 is 68.6. The SMILES string of the molecule is COCCN1CC[C@]2(CN(Cc3ccccn3)C[C@H]2C)C1=O.O=C(O)C(F)(F)F.O=C(O)C(F)(F)F. The summed E-state index contributed by atoms with van der Waals surface area (Å²) in [6.45, 7) is 7.07. The molecule has 1 spiro atoms. The maximum absolute atomic E-state index is 12.9. The Kier molecular flexibility index (Phi) is 11.1. The monoisotopic (exact) mass is 531 g/mol. The first-order chi connectivity index (χ1) is 16.5. The van der Waals surface area contributed by atoms with Crippen molar-refractivity contribution >= 4 is 17.8 Å². The van der Waals surface area contributed by atoms with E-state index in [1.807, 2.05) is 23.2 Å². The molecule has 2 atom stereocenters. The van der Waals surface area contributed by atoms with E-state index in [-0.39, 0.29) is 5.41 Å². The Hall–Kier alpha value is -2.94. The van der Waals surface area contributed by atoms with Crippen molar-refractivity contribution in [3.8, 4) is 0 Å². The number of carbonyl (C=O) groups excluding carboxylic acids is 1. The van der Waals surface area contributed by atoms with E-state index in [2.05, 4.69) is 22.9 Å². The van der Waals surface area contributed by atoms with Gasteiger partial charge in [-0.15, -0.1) is 0 Å². The Morgan fingerprint density at radius 3 is 2.14 bits per heavy atom. The molecular weight excluding hydrogens is 504 g/mol. The lowest BCUT2D eigenvalue weighted by Crippen LogP contribution is -2.40. The number of rotatable bonds is 5. The number of aromatic nitrogens is 1. The van der Waals surface area contributed by atoms with Crippen LogP contribution in [0.4, 0.5) is 26.3 Å². The molecule has 0 bridgehead atoms. The third kappa shape index (κ3) is 8.93. The van der Waals surface area contributed by atoms with E-state index in [4.69, 9.17) is 24.5 Å². The molecule has 36 heavy (non-hydrogen) atoms. The van der Waals surface area contributed by atoms with Crippen LogP contribution in [0.2, 0.25) is 0 Å². The number of likely N-dealkylation sites (tertiary alicyclic amines) is 2. The highest BCUT2D eigenvalue weighted by atomic mass is 19.4. The van der Waals surface area contributed by atoms with Gasteiger partial charge < -0.3 is 19.8 Å². The van der Waals surface area contributed by atoms with Crippen molar-refractivity contribution in [1.29, 1.82) is 0 Å². The first-order valence-electron chi connectivity index (χ1n) is 10.6. The van der Waals surface area contributed by atoms with Gasteiger partial charge in [-0.25, -0.2) is 9.59 Å². The topological polar surface area (TPSA) is 120 Å². The van der Waals surface area contributed by atoms with Crippen LogP contribution < -0.4 is 0 Å². The highest BCUT2D eigenvalue weighted by molar-refractivity contribution is 5.86. The molecule has 0 aliphatic carbocycles. The van der Waals surface area contributed by atoms with Crippen LogP contribution in [-0.2, 0) is 25.7 Å². The zero-order valence-electron chi connectivity index (χ0n) is 19.5. The number of carboxylic acids is 2. The predicted octanol–water partition coefficient (Wildman–Crippen LogP) is 2.66. The Bertz CT molecular complexity index is 859. The standard InChI is InChI=1S/C17H25N3O2.2C2HF3O2/c1-14-11-19(12-15-5-3-4-7-18-15)13-17(14)6-8-20(16(17)21)9-10-22-2;2*3-2(4,5)1(6)7/h3-5,7,14H,6,8-13H2,1-2H3;2*(H,6,7)/t14-,17-;;/m1../s1. The van der Waals surface area contributed by atoms with Crippen LogP contribution in [-0.4, -0.2) is 95.1 Å². The summed E-state index contributed by atoms with van der Waals surface area (Å²) in [5.74, 6) is -4.79. The van der Waals surface area contributed by atoms with Gasteiger partial charge in [-0.2, -0.15) is 26.3 Å². The quantitative estimate of drug-likeness (QED) is 0.557. The number of hydrogen-bond acceptors (Lipinski definition) is 6. The number of hydrogen-bond donors (Lipinski definition) is 2. The van der Waals surface area contributed by atoms with Gasteiger partial charge >= 0.3 is 24.3 Å². The molecule has 204 valence electrons. The molecule has 2 aliphatic rings. The minimum Gasteiger partial charge on any atom is -0.475 e. The first kappa shape index (κ1) is 31.1. The van der Waals surface area contributed by atoms with E-state index in [0.29, 0.717) is 25.0 Å². The molecule has 2 fully saturated rings. The summed E-state index contributed by atoms with van der Waals surface area (Å²) in [5.41, 5.74) is 0.885. The van der Waals surface area contributed by atoms with E-state index in [1.54, 1.807) is 7.11 Å². The fourth-order valence-corrected chi connectivity index (χ4v) is 3.90. The molecule has 3 rings (SSSR count). The number of alkyl halides is 6. The van der Waals surface area contributed by atoms with Crippen LogP contribution in [0.5, 0.6) is 0 Å². The first-order valence-corrected chi connectivity index (χ1v) is 10.6. The van der Waals surface area contributed by atoms with Crippen LogP contribution in [0.3, 0.4) is 0 Å². The van der Waals surface area contributed by atoms with Gasteiger partial charge in [0.25, 0.3) is 0 Å². The van der Waals surface area contributed by atoms with Crippen LogP contribution in [0.25, 0.3) is 0 Å². The van der Waals surface area contributed by atoms with Crippen molar-refractivity contribution in [1.82, 2.24) is 14.8 Å². The van der Waals surface area contributed by atoms with Gasteiger partial charge in [0.2, 0.25) is 5.91 Å². The number of carboxylic acid groups (broad SMARTS) is 2. The minimum absolute atomic E-state index is 0.192.